The van der Waals surface area contributed by atoms with Crippen LogP contribution < -0.4 is 15.2 Å². The molecule has 8 heteroatoms. The number of nitrogens with two attached hydrogens (primary N) is 1. The van der Waals surface area contributed by atoms with Crippen molar-refractivity contribution in [1.82, 2.24) is 9.78 Å². The normalized spacial score (nSPS) is 10.8. The van der Waals surface area contributed by atoms with E-state index in [1.54, 1.807) is 22.9 Å². The Morgan fingerprint density at radius 1 is 0.909 bits per heavy atom. The van der Waals surface area contributed by atoms with E-state index in [-0.39, 0.29) is 12.1 Å². The molecule has 4 rings (SSSR count). The number of ether oxygens (including phenoxy) is 3. The van der Waals surface area contributed by atoms with Crippen molar-refractivity contribution in [3.63, 3.8) is 0 Å². The van der Waals surface area contributed by atoms with Crippen molar-refractivity contribution >= 4 is 22.6 Å². The molecule has 0 saturated carbocycles. The topological polar surface area (TPSA) is 106 Å². The number of esters is 1. The Morgan fingerprint density at radius 3 is 2.18 bits per heavy atom. The molecule has 0 saturated heterocycles. The molecule has 0 radical (unpaired) electrons. The quantitative estimate of drug-likeness (QED) is 0.436. The van der Waals surface area contributed by atoms with Gasteiger partial charge in [-0.25, -0.2) is 9.48 Å². The monoisotopic (exact) mass is 445 g/mol. The summed E-state index contributed by atoms with van der Waals surface area (Å²) in [6, 6.07) is 18.9. The number of methoxy groups -OCH3 is 3. The van der Waals surface area contributed by atoms with E-state index in [0.717, 1.165) is 10.8 Å². The number of carbonyl (C=O) groups is 2. The number of hydrogen-bond donors (Lipinski definition) is 1. The van der Waals surface area contributed by atoms with Crippen LogP contribution in [0.15, 0.2) is 60.7 Å². The van der Waals surface area contributed by atoms with Crippen LogP contribution in [0, 0.1) is 0 Å². The fourth-order valence-corrected chi connectivity index (χ4v) is 3.96. The zero-order valence-electron chi connectivity index (χ0n) is 18.5. The average molecular weight is 445 g/mol. The second kappa shape index (κ2) is 9.04. The first-order valence-corrected chi connectivity index (χ1v) is 10.2. The Hall–Kier alpha value is -4.33. The lowest BCUT2D eigenvalue weighted by molar-refractivity contribution is -0.117. The third kappa shape index (κ3) is 3.87. The molecular formula is C25H23N3O5. The van der Waals surface area contributed by atoms with Crippen molar-refractivity contribution in [2.45, 2.75) is 6.42 Å². The van der Waals surface area contributed by atoms with Gasteiger partial charge in [-0.2, -0.15) is 5.10 Å². The number of amides is 1. The molecule has 0 bridgehead atoms. The smallest absolute Gasteiger partial charge is 0.358 e. The molecule has 1 heterocycles. The second-order valence-corrected chi connectivity index (χ2v) is 7.26. The van der Waals surface area contributed by atoms with Crippen LogP contribution in [-0.4, -0.2) is 43.0 Å². The molecule has 0 atom stereocenters. The summed E-state index contributed by atoms with van der Waals surface area (Å²) in [4.78, 5) is 24.8. The molecule has 0 aliphatic heterocycles. The van der Waals surface area contributed by atoms with Gasteiger partial charge in [0.2, 0.25) is 5.91 Å². The van der Waals surface area contributed by atoms with E-state index in [0.29, 0.717) is 34.0 Å². The number of primary amides is 1. The third-order valence-electron chi connectivity index (χ3n) is 5.37. The maximum absolute atomic E-state index is 12.7. The Balaban J connectivity index is 2.18. The fraction of sp³-hybridized carbons (Fsp3) is 0.160. The third-order valence-corrected chi connectivity index (χ3v) is 5.37. The summed E-state index contributed by atoms with van der Waals surface area (Å²) in [5, 5.41) is 6.49. The van der Waals surface area contributed by atoms with Crippen LogP contribution in [0.4, 0.5) is 0 Å². The molecule has 1 amide bonds. The Morgan fingerprint density at radius 2 is 1.55 bits per heavy atom. The van der Waals surface area contributed by atoms with E-state index < -0.39 is 11.9 Å². The summed E-state index contributed by atoms with van der Waals surface area (Å²) in [7, 11) is 4.33. The fourth-order valence-electron chi connectivity index (χ4n) is 3.96. The zero-order valence-corrected chi connectivity index (χ0v) is 18.5. The molecule has 4 aromatic rings. The number of hydrogen-bond acceptors (Lipinski definition) is 6. The molecule has 0 fully saturated rings. The van der Waals surface area contributed by atoms with Gasteiger partial charge in [0.15, 0.2) is 5.69 Å². The highest BCUT2D eigenvalue weighted by molar-refractivity contribution is 5.97. The molecule has 168 valence electrons. The first kappa shape index (κ1) is 21.9. The van der Waals surface area contributed by atoms with Gasteiger partial charge in [0.05, 0.1) is 44.7 Å². The lowest BCUT2D eigenvalue weighted by Gasteiger charge is -2.17. The zero-order chi connectivity index (χ0) is 23.5. The average Bonchev–Trinajstić information content (AvgIpc) is 3.20. The summed E-state index contributed by atoms with van der Waals surface area (Å²) < 4.78 is 17.8. The number of nitrogens with zero attached hydrogens (tertiary/aromatic N) is 2. The minimum atomic E-state index is -0.680. The maximum atomic E-state index is 12.7. The van der Waals surface area contributed by atoms with Gasteiger partial charge in [0, 0.05) is 10.9 Å². The van der Waals surface area contributed by atoms with Gasteiger partial charge in [-0.05, 0) is 23.6 Å². The predicted octanol–water partition coefficient (Wildman–Crippen LogP) is 3.52. The number of aromatic nitrogens is 2. The van der Waals surface area contributed by atoms with Crippen molar-refractivity contribution in [2.75, 3.05) is 21.3 Å². The summed E-state index contributed by atoms with van der Waals surface area (Å²) in [6.45, 7) is 0. The highest BCUT2D eigenvalue weighted by atomic mass is 16.5. The van der Waals surface area contributed by atoms with Crippen LogP contribution in [0.2, 0.25) is 0 Å². The second-order valence-electron chi connectivity index (χ2n) is 7.26. The van der Waals surface area contributed by atoms with E-state index in [1.165, 1.54) is 21.3 Å². The van der Waals surface area contributed by atoms with Crippen LogP contribution in [0.3, 0.4) is 0 Å². The van der Waals surface area contributed by atoms with Gasteiger partial charge in [-0.1, -0.05) is 42.5 Å². The summed E-state index contributed by atoms with van der Waals surface area (Å²) in [5.74, 6) is -0.330. The summed E-state index contributed by atoms with van der Waals surface area (Å²) >= 11 is 0. The molecular weight excluding hydrogens is 422 g/mol. The molecule has 8 nitrogen and oxygen atoms in total. The van der Waals surface area contributed by atoms with Gasteiger partial charge >= 0.3 is 5.97 Å². The number of rotatable bonds is 7. The Labute approximate surface area is 190 Å². The number of fused-ring (bicyclic) bond motifs is 1. The first-order chi connectivity index (χ1) is 16.0. The molecule has 0 aliphatic carbocycles. The van der Waals surface area contributed by atoms with Crippen LogP contribution in [0.5, 0.6) is 11.5 Å². The lowest BCUT2D eigenvalue weighted by atomic mass is 10.00. The van der Waals surface area contributed by atoms with E-state index in [4.69, 9.17) is 19.9 Å². The summed E-state index contributed by atoms with van der Waals surface area (Å²) in [5.41, 5.74) is 7.59. The van der Waals surface area contributed by atoms with Crippen molar-refractivity contribution < 1.29 is 23.8 Å². The molecule has 0 aliphatic rings. The maximum Gasteiger partial charge on any atom is 0.358 e. The van der Waals surface area contributed by atoms with Gasteiger partial charge in [-0.3, -0.25) is 4.79 Å². The highest BCUT2D eigenvalue weighted by Gasteiger charge is 2.30. The SMILES string of the molecule is COC(=O)c1nn(-c2cccc3ccccc23)c(-c2c(OC)cccc2OC)c1CC(N)=O. The predicted molar refractivity (Wildman–Crippen MR) is 124 cm³/mol. The molecule has 2 N–H and O–H groups in total. The minimum absolute atomic E-state index is 0.00723. The number of benzene rings is 3. The van der Waals surface area contributed by atoms with Gasteiger partial charge in [0.25, 0.3) is 0 Å². The van der Waals surface area contributed by atoms with Crippen molar-refractivity contribution in [1.29, 1.82) is 0 Å². The van der Waals surface area contributed by atoms with E-state index in [9.17, 15) is 9.59 Å². The van der Waals surface area contributed by atoms with Gasteiger partial charge < -0.3 is 19.9 Å². The van der Waals surface area contributed by atoms with Crippen molar-refractivity contribution in [3.05, 3.63) is 71.9 Å². The van der Waals surface area contributed by atoms with Crippen molar-refractivity contribution in [2.24, 2.45) is 5.73 Å². The molecule has 3 aromatic carbocycles. The van der Waals surface area contributed by atoms with Gasteiger partial charge in [-0.15, -0.1) is 0 Å². The van der Waals surface area contributed by atoms with E-state index in [2.05, 4.69) is 5.10 Å². The van der Waals surface area contributed by atoms with Gasteiger partial charge in [0.1, 0.15) is 11.5 Å². The van der Waals surface area contributed by atoms with Crippen LogP contribution >= 0.6 is 0 Å². The molecule has 0 spiro atoms. The van der Waals surface area contributed by atoms with Crippen LogP contribution in [0.25, 0.3) is 27.7 Å². The molecule has 0 unspecified atom stereocenters. The van der Waals surface area contributed by atoms with E-state index >= 15 is 0 Å². The van der Waals surface area contributed by atoms with Crippen LogP contribution in [-0.2, 0) is 16.0 Å². The number of carbonyl (C=O) groups excluding carboxylic acids is 2. The first-order valence-electron chi connectivity index (χ1n) is 10.2. The van der Waals surface area contributed by atoms with E-state index in [1.807, 2.05) is 42.5 Å². The molecule has 1 aromatic heterocycles. The summed E-state index contributed by atoms with van der Waals surface area (Å²) in [6.07, 6.45) is -0.230. The largest absolute Gasteiger partial charge is 0.496 e. The Kier molecular flexibility index (Phi) is 5.99. The lowest BCUT2D eigenvalue weighted by Crippen LogP contribution is -2.16. The Bertz CT molecular complexity index is 1330. The minimum Gasteiger partial charge on any atom is -0.496 e. The van der Waals surface area contributed by atoms with Crippen molar-refractivity contribution in [3.8, 4) is 28.4 Å². The van der Waals surface area contributed by atoms with Crippen LogP contribution in [0.1, 0.15) is 16.1 Å². The highest BCUT2D eigenvalue weighted by Crippen LogP contribution is 2.42. The standard InChI is InChI=1S/C25H23N3O5/c1-31-19-12-7-13-20(32-2)22(19)24-17(14-21(26)29)23(25(30)33-3)27-28(24)18-11-6-9-15-8-4-5-10-16(15)18/h4-13H,14H2,1-3H3,(H2,26,29). The molecule has 33 heavy (non-hydrogen) atoms.